The topological polar surface area (TPSA) is 135 Å². The van der Waals surface area contributed by atoms with E-state index in [-0.39, 0.29) is 30.1 Å². The first kappa shape index (κ1) is 28.8. The molecular weight excluding hydrogens is 534 g/mol. The fraction of sp³-hybridized carbons (Fsp3) is 0.406. The molecule has 216 valence electrons. The van der Waals surface area contributed by atoms with Crippen molar-refractivity contribution in [1.29, 1.82) is 0 Å². The Labute approximate surface area is 242 Å². The van der Waals surface area contributed by atoms with Crippen LogP contribution in [0.3, 0.4) is 0 Å². The maximum Gasteiger partial charge on any atom is 0.221 e. The van der Waals surface area contributed by atoms with E-state index in [4.69, 9.17) is 5.73 Å². The fourth-order valence-corrected chi connectivity index (χ4v) is 8.81. The summed E-state index contributed by atoms with van der Waals surface area (Å²) in [6.45, 7) is 16.6. The van der Waals surface area contributed by atoms with Crippen LogP contribution in [0.5, 0.6) is 0 Å². The lowest BCUT2D eigenvalue weighted by molar-refractivity contribution is -0.117. The van der Waals surface area contributed by atoms with Gasteiger partial charge in [0, 0.05) is 23.5 Å². The van der Waals surface area contributed by atoms with Gasteiger partial charge >= 0.3 is 0 Å². The Hall–Kier alpha value is -3.72. The summed E-state index contributed by atoms with van der Waals surface area (Å²) >= 11 is 0. The van der Waals surface area contributed by atoms with E-state index in [0.29, 0.717) is 21.0 Å². The summed E-state index contributed by atoms with van der Waals surface area (Å²) in [5, 5.41) is 14.5. The minimum atomic E-state index is -3.66. The highest BCUT2D eigenvalue weighted by Crippen LogP contribution is 2.59. The van der Waals surface area contributed by atoms with Gasteiger partial charge in [0.05, 0.1) is 27.6 Å². The zero-order valence-corrected chi connectivity index (χ0v) is 25.8. The lowest BCUT2D eigenvalue weighted by atomic mass is 9.74. The molecule has 0 fully saturated rings. The molecule has 8 nitrogen and oxygen atoms in total. The van der Waals surface area contributed by atoms with Crippen molar-refractivity contribution in [1.82, 2.24) is 20.4 Å². The van der Waals surface area contributed by atoms with Crippen molar-refractivity contribution < 1.29 is 13.2 Å². The van der Waals surface area contributed by atoms with Gasteiger partial charge in [0.1, 0.15) is 0 Å². The maximum absolute atomic E-state index is 14.0. The number of rotatable bonds is 9. The molecule has 4 heterocycles. The second-order valence-corrected chi connectivity index (χ2v) is 14.0. The third-order valence-corrected chi connectivity index (χ3v) is 9.97. The van der Waals surface area contributed by atoms with Gasteiger partial charge in [-0.25, -0.2) is 8.42 Å². The van der Waals surface area contributed by atoms with E-state index in [0.717, 1.165) is 50.2 Å². The number of carbonyl (C=O) groups excluding carboxylic acids is 1. The smallest absolute Gasteiger partial charge is 0.221 e. The van der Waals surface area contributed by atoms with Crippen molar-refractivity contribution in [2.75, 3.05) is 0 Å². The van der Waals surface area contributed by atoms with Gasteiger partial charge in [0.2, 0.25) is 15.7 Å². The second-order valence-electron chi connectivity index (χ2n) is 12.2. The summed E-state index contributed by atoms with van der Waals surface area (Å²) in [4.78, 5) is 13.2. The van der Waals surface area contributed by atoms with Gasteiger partial charge in [-0.1, -0.05) is 55.4 Å². The highest BCUT2D eigenvalue weighted by Gasteiger charge is 2.47. The fourth-order valence-electron chi connectivity index (χ4n) is 6.55. The van der Waals surface area contributed by atoms with Gasteiger partial charge in [-0.15, -0.1) is 0 Å². The summed E-state index contributed by atoms with van der Waals surface area (Å²) in [5.41, 5.74) is 15.5. The van der Waals surface area contributed by atoms with Crippen molar-refractivity contribution in [2.45, 2.75) is 95.3 Å². The summed E-state index contributed by atoms with van der Waals surface area (Å²) in [5.74, 6) is -0.457. The monoisotopic (exact) mass is 573 g/mol. The van der Waals surface area contributed by atoms with Crippen molar-refractivity contribution in [2.24, 2.45) is 5.73 Å². The van der Waals surface area contributed by atoms with Crippen molar-refractivity contribution in [3.8, 4) is 33.6 Å². The molecule has 41 heavy (non-hydrogen) atoms. The number of amides is 1. The highest BCUT2D eigenvalue weighted by atomic mass is 32.2. The first-order chi connectivity index (χ1) is 19.3. The van der Waals surface area contributed by atoms with Gasteiger partial charge in [-0.2, -0.15) is 10.2 Å². The summed E-state index contributed by atoms with van der Waals surface area (Å²) in [6.07, 6.45) is 3.48. The number of primary amides is 1. The normalized spacial score (nSPS) is 14.0. The minimum absolute atomic E-state index is 0.0231. The Morgan fingerprint density at radius 3 is 1.68 bits per heavy atom. The largest absolute Gasteiger partial charge is 0.369 e. The molecule has 0 saturated heterocycles. The van der Waals surface area contributed by atoms with Gasteiger partial charge in [-0.3, -0.25) is 15.0 Å². The number of aromatic amines is 2. The van der Waals surface area contributed by atoms with E-state index in [1.165, 1.54) is 0 Å². The van der Waals surface area contributed by atoms with Crippen LogP contribution in [0.1, 0.15) is 107 Å². The molecule has 0 radical (unpaired) electrons. The summed E-state index contributed by atoms with van der Waals surface area (Å²) in [6, 6.07) is 5.90. The molecule has 2 bridgehead atoms. The Kier molecular flexibility index (Phi) is 7.22. The molecule has 0 atom stereocenters. The predicted octanol–water partition coefficient (Wildman–Crippen LogP) is 6.80. The summed E-state index contributed by atoms with van der Waals surface area (Å²) < 4.78 is 27.9. The van der Waals surface area contributed by atoms with Crippen LogP contribution in [-0.2, 0) is 21.1 Å². The molecule has 2 aliphatic heterocycles. The quantitative estimate of drug-likeness (QED) is 0.178. The molecule has 0 aliphatic carbocycles. The zero-order valence-electron chi connectivity index (χ0n) is 25.0. The lowest BCUT2D eigenvalue weighted by Gasteiger charge is -2.37. The predicted molar refractivity (Wildman–Crippen MR) is 162 cm³/mol. The Bertz CT molecular complexity index is 1700. The standard InChI is InChI=1S/C32H39N5O3S/c1-15(2)19-13-21(22-9-11-34-36-22)28(25(16(3)4)20(19)14-24(33)38)30-26(17(5)6)31-29(23-10-12-35-37-23)32(41(31,39)40)27(30)18(7)8/h9-13,15-18H,14H2,1-8H3,(H2,33,38)(H,34,36)(H,35,37). The van der Waals surface area contributed by atoms with Crippen LogP contribution < -0.4 is 5.73 Å². The average molecular weight is 574 g/mol. The van der Waals surface area contributed by atoms with E-state index in [1.807, 2.05) is 39.8 Å². The molecule has 2 aliphatic rings. The first-order valence-electron chi connectivity index (χ1n) is 14.2. The van der Waals surface area contributed by atoms with Crippen LogP contribution in [0.15, 0.2) is 40.4 Å². The second kappa shape index (κ2) is 10.3. The van der Waals surface area contributed by atoms with E-state index in [1.54, 1.807) is 12.4 Å². The number of nitrogens with zero attached hydrogens (tertiary/aromatic N) is 2. The Morgan fingerprint density at radius 2 is 1.27 bits per heavy atom. The molecule has 4 aromatic rings. The van der Waals surface area contributed by atoms with Crippen LogP contribution in [0.2, 0.25) is 0 Å². The third-order valence-electron chi connectivity index (χ3n) is 8.05. The van der Waals surface area contributed by atoms with Crippen molar-refractivity contribution >= 4 is 15.7 Å². The van der Waals surface area contributed by atoms with Crippen LogP contribution in [0.25, 0.3) is 33.6 Å². The molecule has 0 saturated carbocycles. The van der Waals surface area contributed by atoms with E-state index in [2.05, 4.69) is 54.2 Å². The molecule has 0 unspecified atom stereocenters. The number of benzene rings is 2. The zero-order chi connectivity index (χ0) is 30.0. The van der Waals surface area contributed by atoms with Gasteiger partial charge < -0.3 is 5.73 Å². The number of aromatic nitrogens is 4. The number of hydrogen-bond donors (Lipinski definition) is 3. The maximum atomic E-state index is 14.0. The SMILES string of the molecule is CC(C)c1cc(-c2ccn[nH]2)c(-c2c(C(C)C)c3c(-c4ccn[nH]4)c(c2C(C)C)S3(=O)=O)c(C(C)C)c1CC(N)=O. The van der Waals surface area contributed by atoms with E-state index < -0.39 is 15.7 Å². The number of H-pyrrole nitrogens is 2. The Balaban J connectivity index is 2.07. The number of hydrogen-bond acceptors (Lipinski definition) is 5. The van der Waals surface area contributed by atoms with Crippen LogP contribution in [0.4, 0.5) is 0 Å². The van der Waals surface area contributed by atoms with Crippen molar-refractivity contribution in [3.05, 3.63) is 58.4 Å². The molecule has 9 heteroatoms. The minimum Gasteiger partial charge on any atom is -0.369 e. The van der Waals surface area contributed by atoms with E-state index in [9.17, 15) is 13.2 Å². The first-order valence-corrected chi connectivity index (χ1v) is 15.7. The van der Waals surface area contributed by atoms with Gasteiger partial charge in [-0.05, 0) is 80.8 Å². The van der Waals surface area contributed by atoms with Crippen LogP contribution in [0, 0.1) is 0 Å². The van der Waals surface area contributed by atoms with Gasteiger partial charge in [0.15, 0.2) is 0 Å². The van der Waals surface area contributed by atoms with Crippen molar-refractivity contribution in [3.63, 3.8) is 0 Å². The Morgan fingerprint density at radius 1 is 0.756 bits per heavy atom. The number of nitrogens with one attached hydrogen (secondary N) is 2. The lowest BCUT2D eigenvalue weighted by Crippen LogP contribution is -2.26. The number of carbonyl (C=O) groups is 1. The number of nitrogens with two attached hydrogens (primary N) is 1. The number of fused-ring (bicyclic) bond motifs is 2. The van der Waals surface area contributed by atoms with Crippen LogP contribution >= 0.6 is 0 Å². The summed E-state index contributed by atoms with van der Waals surface area (Å²) in [7, 11) is -3.66. The molecule has 4 N–H and O–H groups in total. The average Bonchev–Trinajstić information content (AvgIpc) is 3.60. The molecular formula is C32H39N5O3S. The van der Waals surface area contributed by atoms with Gasteiger partial charge in [0.25, 0.3) is 0 Å². The highest BCUT2D eigenvalue weighted by molar-refractivity contribution is 7.93. The van der Waals surface area contributed by atoms with Crippen LogP contribution in [-0.4, -0.2) is 34.7 Å². The molecule has 6 rings (SSSR count). The molecule has 2 aromatic heterocycles. The molecule has 1 amide bonds. The molecule has 2 aromatic carbocycles. The molecule has 0 spiro atoms. The number of sulfone groups is 1. The van der Waals surface area contributed by atoms with E-state index >= 15 is 0 Å². The third kappa shape index (κ3) is 4.41.